The van der Waals surface area contributed by atoms with Crippen LogP contribution in [-0.2, 0) is 28.6 Å². The average Bonchev–Trinajstić information content (AvgIpc) is 3.08. The van der Waals surface area contributed by atoms with E-state index in [1.807, 2.05) is 0 Å². The van der Waals surface area contributed by atoms with Gasteiger partial charge in [-0.3, -0.25) is 9.59 Å². The van der Waals surface area contributed by atoms with Gasteiger partial charge in [-0.15, -0.1) is 0 Å². The number of carbonyl (C=O) groups excluding carboxylic acids is 3. The monoisotopic (exact) mass is 714 g/mol. The summed E-state index contributed by atoms with van der Waals surface area (Å²) < 4.78 is 17.0. The molecule has 0 aromatic rings. The second kappa shape index (κ2) is 33.9. The lowest BCUT2D eigenvalue weighted by atomic mass is 10.1. The number of carboxylic acid groups (broad SMARTS) is 1. The molecule has 0 bridgehead atoms. The van der Waals surface area contributed by atoms with Crippen molar-refractivity contribution in [1.82, 2.24) is 0 Å². The van der Waals surface area contributed by atoms with Crippen LogP contribution < -0.4 is 5.11 Å². The summed E-state index contributed by atoms with van der Waals surface area (Å²) >= 11 is 0. The molecule has 51 heavy (non-hydrogen) atoms. The highest BCUT2D eigenvalue weighted by Crippen LogP contribution is 2.12. The molecule has 8 nitrogen and oxygen atoms in total. The first-order valence-corrected chi connectivity index (χ1v) is 19.5. The summed E-state index contributed by atoms with van der Waals surface area (Å²) in [5.41, 5.74) is 0. The molecule has 0 heterocycles. The summed E-state index contributed by atoms with van der Waals surface area (Å²) in [6.45, 7) is 4.33. The number of aliphatic carboxylic acids is 1. The van der Waals surface area contributed by atoms with Crippen LogP contribution in [0.1, 0.15) is 129 Å². The molecule has 290 valence electrons. The van der Waals surface area contributed by atoms with Gasteiger partial charge in [0.05, 0.1) is 40.3 Å². The van der Waals surface area contributed by atoms with Gasteiger partial charge in [0.1, 0.15) is 12.6 Å². The Morgan fingerprint density at radius 2 is 1.14 bits per heavy atom. The lowest BCUT2D eigenvalue weighted by Gasteiger charge is -2.34. The smallest absolute Gasteiger partial charge is 0.306 e. The van der Waals surface area contributed by atoms with Crippen molar-refractivity contribution in [3.8, 4) is 0 Å². The molecule has 0 saturated heterocycles. The van der Waals surface area contributed by atoms with Crippen molar-refractivity contribution in [3.05, 3.63) is 72.9 Å². The minimum Gasteiger partial charge on any atom is -0.544 e. The normalized spacial score (nSPS) is 13.8. The van der Waals surface area contributed by atoms with Crippen molar-refractivity contribution >= 4 is 17.9 Å². The van der Waals surface area contributed by atoms with E-state index in [0.717, 1.165) is 70.6 Å². The van der Waals surface area contributed by atoms with Crippen LogP contribution in [-0.4, -0.2) is 75.5 Å². The van der Waals surface area contributed by atoms with Crippen LogP contribution in [0.25, 0.3) is 0 Å². The van der Waals surface area contributed by atoms with Crippen molar-refractivity contribution in [2.75, 3.05) is 41.0 Å². The van der Waals surface area contributed by atoms with Crippen molar-refractivity contribution in [2.45, 2.75) is 142 Å². The van der Waals surface area contributed by atoms with Gasteiger partial charge >= 0.3 is 11.9 Å². The average molecular weight is 714 g/mol. The number of ether oxygens (including phenoxy) is 3. The summed E-state index contributed by atoms with van der Waals surface area (Å²) in [5, 5.41) is 11.6. The molecule has 0 aromatic carbocycles. The van der Waals surface area contributed by atoms with E-state index in [1.54, 1.807) is 21.1 Å². The summed E-state index contributed by atoms with van der Waals surface area (Å²) in [6.07, 6.45) is 40.7. The zero-order valence-electron chi connectivity index (χ0n) is 32.7. The molecule has 0 aliphatic carbocycles. The Bertz CT molecular complexity index is 1060. The van der Waals surface area contributed by atoms with Crippen LogP contribution in [0.5, 0.6) is 0 Å². The largest absolute Gasteiger partial charge is 0.544 e. The standard InChI is InChI=1S/C43H71NO7/c1-6-8-10-12-14-16-18-20-21-22-24-26-28-30-32-34-42(46)51-39(37-49-36-35-40(43(47)48)44(3,4)5)38-50-41(45)33-31-29-27-25-23-19-17-15-13-11-9-7-2/h8-12,14-18,23,25,39-40H,6-7,13,19-22,24,26-38H2,1-5H3/b10-8+,11-9+,14-12+,17-15+,18-16+,25-23+. The summed E-state index contributed by atoms with van der Waals surface area (Å²) in [4.78, 5) is 36.7. The molecule has 0 saturated carbocycles. The van der Waals surface area contributed by atoms with E-state index < -0.39 is 18.1 Å². The van der Waals surface area contributed by atoms with Crippen LogP contribution >= 0.6 is 0 Å². The lowest BCUT2D eigenvalue weighted by Crippen LogP contribution is -2.55. The number of carboxylic acids is 1. The summed E-state index contributed by atoms with van der Waals surface area (Å²) in [7, 11) is 5.37. The summed E-state index contributed by atoms with van der Waals surface area (Å²) in [5.74, 6) is -1.82. The molecule has 0 aliphatic heterocycles. The summed E-state index contributed by atoms with van der Waals surface area (Å²) in [6, 6.07) is -0.736. The third-order valence-corrected chi connectivity index (χ3v) is 8.15. The SMILES string of the molecule is CC/C=C/C=C/C=C/CCCCCCCCCC(=O)OC(COCCC(C(=O)[O-])[N+](C)(C)C)COC(=O)CCCC/C=C/C/C=C/C/C=C/CC. The number of likely N-dealkylation sites (N-methyl/N-ethyl adjacent to an activating group) is 1. The van der Waals surface area contributed by atoms with Gasteiger partial charge < -0.3 is 28.6 Å². The third-order valence-electron chi connectivity index (χ3n) is 8.15. The molecule has 0 N–H and O–H groups in total. The van der Waals surface area contributed by atoms with Crippen LogP contribution in [0.3, 0.4) is 0 Å². The number of esters is 2. The van der Waals surface area contributed by atoms with E-state index >= 15 is 0 Å². The molecule has 0 radical (unpaired) electrons. The lowest BCUT2D eigenvalue weighted by molar-refractivity contribution is -0.889. The van der Waals surface area contributed by atoms with E-state index in [1.165, 1.54) is 19.3 Å². The predicted molar refractivity (Wildman–Crippen MR) is 208 cm³/mol. The molecule has 0 rings (SSSR count). The van der Waals surface area contributed by atoms with Gasteiger partial charge in [-0.25, -0.2) is 0 Å². The van der Waals surface area contributed by atoms with Gasteiger partial charge in [-0.05, 0) is 64.2 Å². The van der Waals surface area contributed by atoms with Crippen molar-refractivity contribution < 1.29 is 38.2 Å². The second-order valence-electron chi connectivity index (χ2n) is 13.8. The molecule has 0 spiro atoms. The Labute approximate surface area is 311 Å². The molecule has 8 heteroatoms. The zero-order chi connectivity index (χ0) is 37.8. The maximum absolute atomic E-state index is 12.7. The molecular weight excluding hydrogens is 642 g/mol. The number of unbranched alkanes of at least 4 members (excludes halogenated alkanes) is 9. The third kappa shape index (κ3) is 32.4. The number of hydrogen-bond donors (Lipinski definition) is 0. The fourth-order valence-corrected chi connectivity index (χ4v) is 5.14. The first-order chi connectivity index (χ1) is 24.6. The highest BCUT2D eigenvalue weighted by molar-refractivity contribution is 5.70. The van der Waals surface area contributed by atoms with Crippen LogP contribution in [0.4, 0.5) is 0 Å². The number of quaternary nitrogens is 1. The van der Waals surface area contributed by atoms with Crippen molar-refractivity contribution in [3.63, 3.8) is 0 Å². The van der Waals surface area contributed by atoms with Crippen LogP contribution in [0.15, 0.2) is 72.9 Å². The van der Waals surface area contributed by atoms with E-state index in [2.05, 4.69) is 86.8 Å². The highest BCUT2D eigenvalue weighted by Gasteiger charge is 2.25. The Morgan fingerprint density at radius 3 is 1.78 bits per heavy atom. The van der Waals surface area contributed by atoms with Crippen molar-refractivity contribution in [2.24, 2.45) is 0 Å². The van der Waals surface area contributed by atoms with E-state index in [0.29, 0.717) is 19.3 Å². The van der Waals surface area contributed by atoms with E-state index in [-0.39, 0.29) is 42.7 Å². The maximum Gasteiger partial charge on any atom is 0.306 e. The predicted octanol–water partition coefficient (Wildman–Crippen LogP) is 8.68. The van der Waals surface area contributed by atoms with E-state index in [4.69, 9.17) is 14.2 Å². The first-order valence-electron chi connectivity index (χ1n) is 19.5. The number of nitrogens with zero attached hydrogens (tertiary/aromatic N) is 1. The van der Waals surface area contributed by atoms with Gasteiger partial charge in [0.15, 0.2) is 6.10 Å². The van der Waals surface area contributed by atoms with Gasteiger partial charge in [-0.2, -0.15) is 0 Å². The minimum atomic E-state index is -1.14. The van der Waals surface area contributed by atoms with Gasteiger partial charge in [-0.1, -0.05) is 119 Å². The first kappa shape index (κ1) is 47.8. The number of allylic oxidation sites excluding steroid dienone is 12. The Hall–Kier alpha value is -3.23. The van der Waals surface area contributed by atoms with Crippen molar-refractivity contribution in [1.29, 1.82) is 0 Å². The Morgan fingerprint density at radius 1 is 0.608 bits per heavy atom. The van der Waals surface area contributed by atoms with Crippen LogP contribution in [0.2, 0.25) is 0 Å². The van der Waals surface area contributed by atoms with Gasteiger partial charge in [0, 0.05) is 19.3 Å². The van der Waals surface area contributed by atoms with Crippen LogP contribution in [0, 0.1) is 0 Å². The number of rotatable bonds is 33. The quantitative estimate of drug-likeness (QED) is 0.0221. The van der Waals surface area contributed by atoms with Gasteiger partial charge in [0.2, 0.25) is 0 Å². The number of carbonyl (C=O) groups is 3. The van der Waals surface area contributed by atoms with Gasteiger partial charge in [0.25, 0.3) is 0 Å². The highest BCUT2D eigenvalue weighted by atomic mass is 16.6. The van der Waals surface area contributed by atoms with E-state index in [9.17, 15) is 19.5 Å². The molecule has 2 unspecified atom stereocenters. The molecule has 0 aromatic heterocycles. The molecule has 0 fully saturated rings. The molecular formula is C43H71NO7. The Kier molecular flexibility index (Phi) is 31.7. The topological polar surface area (TPSA) is 102 Å². The minimum absolute atomic E-state index is 0.0193. The fourth-order valence-electron chi connectivity index (χ4n) is 5.14. The fraction of sp³-hybridized carbons (Fsp3) is 0.651. The maximum atomic E-state index is 12.7. The Balaban J connectivity index is 4.50. The zero-order valence-corrected chi connectivity index (χ0v) is 32.7. The molecule has 0 aliphatic rings. The number of hydrogen-bond acceptors (Lipinski definition) is 7. The second-order valence-corrected chi connectivity index (χ2v) is 13.8. The molecule has 0 amide bonds. The molecule has 2 atom stereocenters.